The van der Waals surface area contributed by atoms with Crippen molar-refractivity contribution in [1.29, 1.82) is 0 Å². The molecule has 0 aromatic heterocycles. The standard InChI is InChI=1S/C4H7NO3/c6-3-8-5-1-4(7)2-5/h3-4,7H,1-2H2. The first-order valence-corrected chi connectivity index (χ1v) is 2.36. The number of carbonyl (C=O) groups excluding carboxylic acids is 1. The monoisotopic (exact) mass is 117 g/mol. The Hall–Kier alpha value is -0.610. The van der Waals surface area contributed by atoms with Gasteiger partial charge in [-0.05, 0) is 0 Å². The first kappa shape index (κ1) is 5.53. The van der Waals surface area contributed by atoms with Crippen molar-refractivity contribution >= 4 is 6.47 Å². The highest BCUT2D eigenvalue weighted by molar-refractivity contribution is 5.36. The van der Waals surface area contributed by atoms with E-state index in [2.05, 4.69) is 4.84 Å². The van der Waals surface area contributed by atoms with Gasteiger partial charge in [-0.15, -0.1) is 5.06 Å². The van der Waals surface area contributed by atoms with E-state index in [0.29, 0.717) is 19.6 Å². The molecule has 0 spiro atoms. The Morgan fingerprint density at radius 2 is 2.38 bits per heavy atom. The van der Waals surface area contributed by atoms with Gasteiger partial charge in [-0.2, -0.15) is 0 Å². The molecule has 46 valence electrons. The zero-order valence-corrected chi connectivity index (χ0v) is 4.28. The minimum absolute atomic E-state index is 0.310. The number of hydroxylamine groups is 2. The van der Waals surface area contributed by atoms with E-state index < -0.39 is 0 Å². The topological polar surface area (TPSA) is 49.8 Å². The Balaban J connectivity index is 2.06. The molecule has 1 saturated heterocycles. The SMILES string of the molecule is O=CON1CC(O)C1. The Labute approximate surface area is 46.6 Å². The number of hydrogen-bond donors (Lipinski definition) is 1. The van der Waals surface area contributed by atoms with E-state index in [1.165, 1.54) is 5.06 Å². The summed E-state index contributed by atoms with van der Waals surface area (Å²) in [6.45, 7) is 1.24. The largest absolute Gasteiger partial charge is 0.390 e. The molecule has 0 atom stereocenters. The van der Waals surface area contributed by atoms with Gasteiger partial charge in [0.15, 0.2) is 0 Å². The summed E-state index contributed by atoms with van der Waals surface area (Å²) in [4.78, 5) is 13.9. The third-order valence-electron chi connectivity index (χ3n) is 1.02. The van der Waals surface area contributed by atoms with Crippen molar-refractivity contribution in [3.05, 3.63) is 0 Å². The van der Waals surface area contributed by atoms with Crippen molar-refractivity contribution in [2.24, 2.45) is 0 Å². The zero-order valence-electron chi connectivity index (χ0n) is 4.28. The molecule has 8 heavy (non-hydrogen) atoms. The molecule has 1 fully saturated rings. The predicted octanol–water partition coefficient (Wildman–Crippen LogP) is -1.25. The maximum absolute atomic E-state index is 9.57. The highest BCUT2D eigenvalue weighted by Gasteiger charge is 2.25. The highest BCUT2D eigenvalue weighted by atomic mass is 16.7. The van der Waals surface area contributed by atoms with E-state index in [1.54, 1.807) is 0 Å². The van der Waals surface area contributed by atoms with Gasteiger partial charge in [-0.25, -0.2) is 0 Å². The van der Waals surface area contributed by atoms with Crippen molar-refractivity contribution in [1.82, 2.24) is 5.06 Å². The molecule has 1 aliphatic rings. The van der Waals surface area contributed by atoms with Crippen LogP contribution in [0.5, 0.6) is 0 Å². The van der Waals surface area contributed by atoms with Gasteiger partial charge < -0.3 is 9.94 Å². The average molecular weight is 117 g/mol. The van der Waals surface area contributed by atoms with Gasteiger partial charge in [0, 0.05) is 0 Å². The molecular weight excluding hydrogens is 110 g/mol. The molecule has 0 saturated carbocycles. The summed E-state index contributed by atoms with van der Waals surface area (Å²) >= 11 is 0. The van der Waals surface area contributed by atoms with Crippen molar-refractivity contribution < 1.29 is 14.7 Å². The zero-order chi connectivity index (χ0) is 5.98. The van der Waals surface area contributed by atoms with Gasteiger partial charge in [-0.3, -0.25) is 4.79 Å². The summed E-state index contributed by atoms with van der Waals surface area (Å²) in [5.41, 5.74) is 0. The normalized spacial score (nSPS) is 22.1. The van der Waals surface area contributed by atoms with Gasteiger partial charge in [-0.1, -0.05) is 0 Å². The third kappa shape index (κ3) is 0.962. The lowest BCUT2D eigenvalue weighted by molar-refractivity contribution is -0.217. The molecule has 0 bridgehead atoms. The first-order chi connectivity index (χ1) is 3.83. The van der Waals surface area contributed by atoms with Crippen molar-refractivity contribution in [2.75, 3.05) is 13.1 Å². The van der Waals surface area contributed by atoms with Crippen LogP contribution in [0.3, 0.4) is 0 Å². The summed E-state index contributed by atoms with van der Waals surface area (Å²) in [5, 5.41) is 9.99. The van der Waals surface area contributed by atoms with Gasteiger partial charge in [0.05, 0.1) is 19.2 Å². The maximum atomic E-state index is 9.57. The van der Waals surface area contributed by atoms with Crippen LogP contribution in [-0.2, 0) is 9.63 Å². The second-order valence-corrected chi connectivity index (χ2v) is 1.70. The molecule has 0 aromatic carbocycles. The van der Waals surface area contributed by atoms with Gasteiger partial charge in [0.2, 0.25) is 0 Å². The minimum atomic E-state index is -0.310. The number of aliphatic hydroxyl groups is 1. The quantitative estimate of drug-likeness (QED) is 0.459. The summed E-state index contributed by atoms with van der Waals surface area (Å²) < 4.78 is 0. The number of β-amino-alcohol motifs (C(OH)–C–C–N with tert-alkyl or cyclic N) is 1. The molecule has 1 heterocycles. The summed E-state index contributed by atoms with van der Waals surface area (Å²) in [5.74, 6) is 0. The van der Waals surface area contributed by atoms with Gasteiger partial charge in [0.25, 0.3) is 0 Å². The second kappa shape index (κ2) is 2.11. The summed E-state index contributed by atoms with van der Waals surface area (Å²) in [7, 11) is 0. The maximum Gasteiger partial charge on any atom is 0.312 e. The lowest BCUT2D eigenvalue weighted by Crippen LogP contribution is -2.50. The first-order valence-electron chi connectivity index (χ1n) is 2.36. The lowest BCUT2D eigenvalue weighted by atomic mass is 10.2. The molecule has 1 rings (SSSR count). The van der Waals surface area contributed by atoms with Crippen LogP contribution in [0.2, 0.25) is 0 Å². The molecule has 4 heteroatoms. The molecule has 0 radical (unpaired) electrons. The van der Waals surface area contributed by atoms with Crippen LogP contribution in [0.25, 0.3) is 0 Å². The summed E-state index contributed by atoms with van der Waals surface area (Å²) in [6.07, 6.45) is -0.310. The number of aliphatic hydroxyl groups excluding tert-OH is 1. The van der Waals surface area contributed by atoms with E-state index in [0.717, 1.165) is 0 Å². The molecule has 0 amide bonds. The number of nitrogens with zero attached hydrogens (tertiary/aromatic N) is 1. The van der Waals surface area contributed by atoms with E-state index in [1.807, 2.05) is 0 Å². The van der Waals surface area contributed by atoms with Crippen molar-refractivity contribution in [3.63, 3.8) is 0 Å². The van der Waals surface area contributed by atoms with Crippen LogP contribution in [0, 0.1) is 0 Å². The molecule has 0 aliphatic carbocycles. The fraction of sp³-hybridized carbons (Fsp3) is 0.750. The fourth-order valence-corrected chi connectivity index (χ4v) is 0.564. The smallest absolute Gasteiger partial charge is 0.312 e. The molecule has 0 unspecified atom stereocenters. The van der Waals surface area contributed by atoms with Crippen LogP contribution in [-0.4, -0.2) is 35.8 Å². The number of hydrogen-bond acceptors (Lipinski definition) is 4. The van der Waals surface area contributed by atoms with Crippen molar-refractivity contribution in [3.8, 4) is 0 Å². The molecule has 4 nitrogen and oxygen atoms in total. The van der Waals surface area contributed by atoms with Crippen LogP contribution >= 0.6 is 0 Å². The summed E-state index contributed by atoms with van der Waals surface area (Å²) in [6, 6.07) is 0. The molecular formula is C4H7NO3. The minimum Gasteiger partial charge on any atom is -0.390 e. The predicted molar refractivity (Wildman–Crippen MR) is 24.7 cm³/mol. The van der Waals surface area contributed by atoms with Crippen LogP contribution < -0.4 is 0 Å². The number of rotatable bonds is 2. The Morgan fingerprint density at radius 1 is 1.75 bits per heavy atom. The molecule has 1 N–H and O–H groups in total. The fourth-order valence-electron chi connectivity index (χ4n) is 0.564. The van der Waals surface area contributed by atoms with E-state index in [9.17, 15) is 4.79 Å². The second-order valence-electron chi connectivity index (χ2n) is 1.70. The van der Waals surface area contributed by atoms with Gasteiger partial charge in [0.1, 0.15) is 0 Å². The van der Waals surface area contributed by atoms with E-state index >= 15 is 0 Å². The Kier molecular flexibility index (Phi) is 1.45. The van der Waals surface area contributed by atoms with Gasteiger partial charge >= 0.3 is 6.47 Å². The Bertz CT molecular complexity index is 89.3. The lowest BCUT2D eigenvalue weighted by Gasteiger charge is -2.31. The van der Waals surface area contributed by atoms with E-state index in [4.69, 9.17) is 5.11 Å². The van der Waals surface area contributed by atoms with Crippen LogP contribution in [0.1, 0.15) is 0 Å². The molecule has 0 aromatic rings. The average Bonchev–Trinajstić information content (AvgIpc) is 1.64. The van der Waals surface area contributed by atoms with E-state index in [-0.39, 0.29) is 6.10 Å². The van der Waals surface area contributed by atoms with Crippen LogP contribution in [0.15, 0.2) is 0 Å². The third-order valence-corrected chi connectivity index (χ3v) is 1.02. The Morgan fingerprint density at radius 3 is 2.75 bits per heavy atom. The number of carbonyl (C=O) groups is 1. The highest BCUT2D eigenvalue weighted by Crippen LogP contribution is 2.04. The van der Waals surface area contributed by atoms with Crippen LogP contribution in [0.4, 0.5) is 0 Å². The molecule has 1 aliphatic heterocycles. The van der Waals surface area contributed by atoms with Crippen molar-refractivity contribution in [2.45, 2.75) is 6.10 Å².